The molecule has 0 fully saturated rings. The molecule has 2 nitrogen and oxygen atoms in total. The summed E-state index contributed by atoms with van der Waals surface area (Å²) < 4.78 is 1.43. The third-order valence-corrected chi connectivity index (χ3v) is 2.96. The van der Waals surface area contributed by atoms with Gasteiger partial charge in [-0.2, -0.15) is 0 Å². The number of hydrogen-bond acceptors (Lipinski definition) is 2. The number of carbonyl (C=O) groups excluding carboxylic acids is 1. The molecule has 0 rings (SSSR count). The molecule has 0 aromatic carbocycles. The van der Waals surface area contributed by atoms with Crippen LogP contribution in [0.2, 0.25) is 0 Å². The van der Waals surface area contributed by atoms with Gasteiger partial charge in [0, 0.05) is 18.7 Å². The van der Waals surface area contributed by atoms with Crippen molar-refractivity contribution in [2.75, 3.05) is 18.7 Å². The van der Waals surface area contributed by atoms with Crippen molar-refractivity contribution in [2.24, 2.45) is 0 Å². The van der Waals surface area contributed by atoms with Crippen LogP contribution in [0.5, 0.6) is 0 Å². The van der Waals surface area contributed by atoms with E-state index in [1.807, 2.05) is 0 Å². The molecule has 0 bridgehead atoms. The van der Waals surface area contributed by atoms with Crippen LogP contribution in [0.1, 0.15) is 19.3 Å². The second-order valence-electron chi connectivity index (χ2n) is 2.33. The molecule has 0 aromatic rings. The Morgan fingerprint density at radius 1 is 1.42 bits per heavy atom. The minimum Gasteiger partial charge on any atom is -0.276 e. The summed E-state index contributed by atoms with van der Waals surface area (Å²) in [7, 11) is 1.67. The van der Waals surface area contributed by atoms with E-state index in [4.69, 9.17) is 23.2 Å². The van der Waals surface area contributed by atoms with Crippen molar-refractivity contribution in [3.05, 3.63) is 0 Å². The molecular formula is C7H13Cl2NOS. The van der Waals surface area contributed by atoms with Crippen LogP contribution in [0.25, 0.3) is 0 Å². The monoisotopic (exact) mass is 229 g/mol. The summed E-state index contributed by atoms with van der Waals surface area (Å²) in [6.45, 7) is 0. The highest BCUT2D eigenvalue weighted by atomic mass is 35.5. The standard InChI is InChI=1S/C7H13Cl2NOS/c1-10(7(9)11)12-6-4-2-3-5-8/h2-6H2,1H3. The van der Waals surface area contributed by atoms with E-state index < -0.39 is 5.37 Å². The number of halogens is 2. The van der Waals surface area contributed by atoms with Crippen LogP contribution in [-0.4, -0.2) is 28.4 Å². The molecule has 0 aliphatic carbocycles. The van der Waals surface area contributed by atoms with Crippen molar-refractivity contribution in [3.63, 3.8) is 0 Å². The molecule has 0 radical (unpaired) electrons. The summed E-state index contributed by atoms with van der Waals surface area (Å²) in [5.41, 5.74) is 0. The molecule has 1 amide bonds. The van der Waals surface area contributed by atoms with Gasteiger partial charge < -0.3 is 0 Å². The van der Waals surface area contributed by atoms with Crippen LogP contribution in [-0.2, 0) is 0 Å². The molecule has 0 heterocycles. The Morgan fingerprint density at radius 3 is 2.58 bits per heavy atom. The number of hydrogen-bond donors (Lipinski definition) is 0. The molecule has 0 atom stereocenters. The van der Waals surface area contributed by atoms with Crippen molar-refractivity contribution >= 4 is 40.5 Å². The second kappa shape index (κ2) is 8.02. The lowest BCUT2D eigenvalue weighted by atomic mass is 10.3. The van der Waals surface area contributed by atoms with Gasteiger partial charge in [-0.25, -0.2) is 0 Å². The van der Waals surface area contributed by atoms with Crippen molar-refractivity contribution in [1.82, 2.24) is 4.31 Å². The van der Waals surface area contributed by atoms with Crippen LogP contribution in [0, 0.1) is 0 Å². The molecule has 0 saturated carbocycles. The quantitative estimate of drug-likeness (QED) is 0.229. The number of rotatable bonds is 6. The van der Waals surface area contributed by atoms with E-state index in [1.54, 1.807) is 7.05 Å². The summed E-state index contributed by atoms with van der Waals surface area (Å²) >= 11 is 12.2. The van der Waals surface area contributed by atoms with Crippen molar-refractivity contribution in [2.45, 2.75) is 19.3 Å². The van der Waals surface area contributed by atoms with E-state index in [-0.39, 0.29) is 0 Å². The van der Waals surface area contributed by atoms with Gasteiger partial charge in [-0.3, -0.25) is 9.10 Å². The predicted molar refractivity (Wildman–Crippen MR) is 56.0 cm³/mol. The van der Waals surface area contributed by atoms with Crippen LogP contribution < -0.4 is 0 Å². The lowest BCUT2D eigenvalue weighted by Gasteiger charge is -2.10. The Labute approximate surface area is 87.7 Å². The van der Waals surface area contributed by atoms with Gasteiger partial charge in [-0.15, -0.1) is 11.6 Å². The Balaban J connectivity index is 3.14. The van der Waals surface area contributed by atoms with Gasteiger partial charge in [0.25, 0.3) is 0 Å². The Morgan fingerprint density at radius 2 is 2.08 bits per heavy atom. The van der Waals surface area contributed by atoms with Gasteiger partial charge in [-0.05, 0) is 36.4 Å². The fourth-order valence-corrected chi connectivity index (χ4v) is 1.67. The summed E-state index contributed by atoms with van der Waals surface area (Å²) in [6.07, 6.45) is 3.23. The van der Waals surface area contributed by atoms with E-state index in [1.165, 1.54) is 16.3 Å². The highest BCUT2D eigenvalue weighted by Gasteiger charge is 2.03. The highest BCUT2D eigenvalue weighted by Crippen LogP contribution is 2.12. The second-order valence-corrected chi connectivity index (χ2v) is 4.25. The summed E-state index contributed by atoms with van der Waals surface area (Å²) in [5, 5.41) is -0.419. The van der Waals surface area contributed by atoms with Crippen LogP contribution in [0.3, 0.4) is 0 Å². The maximum atomic E-state index is 10.5. The Bertz CT molecular complexity index is 135. The Kier molecular flexibility index (Phi) is 8.29. The maximum absolute atomic E-state index is 10.5. The lowest BCUT2D eigenvalue weighted by molar-refractivity contribution is 0.251. The molecule has 0 aliphatic rings. The van der Waals surface area contributed by atoms with Crippen molar-refractivity contribution < 1.29 is 4.79 Å². The zero-order valence-electron chi connectivity index (χ0n) is 7.06. The summed E-state index contributed by atoms with van der Waals surface area (Å²) in [6, 6.07) is 0. The van der Waals surface area contributed by atoms with Crippen molar-refractivity contribution in [3.8, 4) is 0 Å². The first kappa shape index (κ1) is 12.4. The van der Waals surface area contributed by atoms with Crippen LogP contribution in [0.15, 0.2) is 0 Å². The van der Waals surface area contributed by atoms with Gasteiger partial charge in [-0.1, -0.05) is 6.42 Å². The molecule has 0 unspecified atom stereocenters. The average Bonchev–Trinajstić information content (AvgIpc) is 2.03. The van der Waals surface area contributed by atoms with E-state index in [9.17, 15) is 4.79 Å². The van der Waals surface area contributed by atoms with Crippen molar-refractivity contribution in [1.29, 1.82) is 0 Å². The third kappa shape index (κ3) is 7.07. The predicted octanol–water partition coefficient (Wildman–Crippen LogP) is 3.33. The smallest absolute Gasteiger partial charge is 0.276 e. The van der Waals surface area contributed by atoms with Gasteiger partial charge >= 0.3 is 5.37 Å². The first-order valence-electron chi connectivity index (χ1n) is 3.80. The molecular weight excluding hydrogens is 217 g/mol. The third-order valence-electron chi connectivity index (χ3n) is 1.31. The first-order valence-corrected chi connectivity index (χ1v) is 5.66. The number of carbonyl (C=O) groups is 1. The minimum atomic E-state index is -0.419. The maximum Gasteiger partial charge on any atom is 0.326 e. The zero-order valence-corrected chi connectivity index (χ0v) is 9.38. The molecule has 5 heteroatoms. The molecule has 12 heavy (non-hydrogen) atoms. The van der Waals surface area contributed by atoms with E-state index in [0.29, 0.717) is 0 Å². The highest BCUT2D eigenvalue weighted by molar-refractivity contribution is 7.97. The van der Waals surface area contributed by atoms with E-state index >= 15 is 0 Å². The largest absolute Gasteiger partial charge is 0.326 e. The van der Waals surface area contributed by atoms with E-state index in [0.717, 1.165) is 30.9 Å². The fourth-order valence-electron chi connectivity index (χ4n) is 0.626. The summed E-state index contributed by atoms with van der Waals surface area (Å²) in [5.74, 6) is 1.64. The fraction of sp³-hybridized carbons (Fsp3) is 0.857. The average molecular weight is 230 g/mol. The van der Waals surface area contributed by atoms with Crippen LogP contribution >= 0.6 is 35.1 Å². The van der Waals surface area contributed by atoms with Crippen LogP contribution in [0.4, 0.5) is 4.79 Å². The molecule has 0 saturated heterocycles. The molecule has 0 aromatic heterocycles. The lowest BCUT2D eigenvalue weighted by Crippen LogP contribution is -2.12. The minimum absolute atomic E-state index is 0.419. The summed E-state index contributed by atoms with van der Waals surface area (Å²) in [4.78, 5) is 10.5. The normalized spacial score (nSPS) is 9.92. The zero-order chi connectivity index (χ0) is 9.40. The first-order chi connectivity index (χ1) is 5.68. The number of nitrogens with zero attached hydrogens (tertiary/aromatic N) is 1. The molecule has 0 spiro atoms. The topological polar surface area (TPSA) is 20.3 Å². The molecule has 72 valence electrons. The number of amides is 1. The Hall–Kier alpha value is 0.400. The van der Waals surface area contributed by atoms with Gasteiger partial charge in [0.05, 0.1) is 0 Å². The van der Waals surface area contributed by atoms with E-state index in [2.05, 4.69) is 0 Å². The van der Waals surface area contributed by atoms with Gasteiger partial charge in [0.15, 0.2) is 0 Å². The number of alkyl halides is 1. The van der Waals surface area contributed by atoms with Gasteiger partial charge in [0.1, 0.15) is 0 Å². The SMILES string of the molecule is CN(SCCCCCCl)C(=O)Cl. The molecule has 0 N–H and O–H groups in total. The van der Waals surface area contributed by atoms with Gasteiger partial charge in [0.2, 0.25) is 0 Å². The molecule has 0 aliphatic heterocycles. The number of unbranched alkanes of at least 4 members (excludes halogenated alkanes) is 2.